The van der Waals surface area contributed by atoms with Gasteiger partial charge in [-0.3, -0.25) is 0 Å². The Morgan fingerprint density at radius 2 is 1.84 bits per heavy atom. The van der Waals surface area contributed by atoms with Crippen LogP contribution in [0.3, 0.4) is 0 Å². The summed E-state index contributed by atoms with van der Waals surface area (Å²) in [4.78, 5) is 0. The molecule has 2 heteroatoms. The molecule has 0 saturated heterocycles. The van der Waals surface area contributed by atoms with E-state index in [1.165, 1.54) is 16.7 Å². The van der Waals surface area contributed by atoms with Crippen LogP contribution in [0.5, 0.6) is 5.75 Å². The molecule has 1 N–H and O–H groups in total. The van der Waals surface area contributed by atoms with Crippen LogP contribution in [0.25, 0.3) is 0 Å². The Balaban J connectivity index is 1.75. The van der Waals surface area contributed by atoms with Crippen LogP contribution in [-0.4, -0.2) is 12.6 Å². The Hall–Kier alpha value is -1.96. The number of ether oxygens (including phenoxy) is 1. The molecule has 0 aliphatic carbocycles. The molecule has 1 unspecified atom stereocenters. The molecule has 1 aliphatic rings. The van der Waals surface area contributed by atoms with Crippen molar-refractivity contribution in [1.82, 2.24) is 0 Å². The van der Waals surface area contributed by atoms with Gasteiger partial charge in [0.15, 0.2) is 0 Å². The van der Waals surface area contributed by atoms with Crippen molar-refractivity contribution in [3.63, 3.8) is 0 Å². The summed E-state index contributed by atoms with van der Waals surface area (Å²) in [6.45, 7) is 5.15. The molecule has 2 aromatic rings. The normalized spacial score (nSPS) is 17.3. The molecule has 1 atom stereocenters. The molecule has 3 rings (SSSR count). The number of anilines is 1. The fraction of sp³-hybridized carbons (Fsp3) is 0.294. The summed E-state index contributed by atoms with van der Waals surface area (Å²) in [5.74, 6) is 0.961. The van der Waals surface area contributed by atoms with Crippen LogP contribution in [0, 0.1) is 13.8 Å². The van der Waals surface area contributed by atoms with Gasteiger partial charge < -0.3 is 10.1 Å². The lowest BCUT2D eigenvalue weighted by atomic mass is 10.0. The van der Waals surface area contributed by atoms with Gasteiger partial charge >= 0.3 is 0 Å². The minimum Gasteiger partial charge on any atom is -0.486 e. The number of hydrogen-bond donors (Lipinski definition) is 1. The van der Waals surface area contributed by atoms with Crippen molar-refractivity contribution in [2.24, 2.45) is 0 Å². The summed E-state index contributed by atoms with van der Waals surface area (Å²) in [6, 6.07) is 14.8. The van der Waals surface area contributed by atoms with E-state index in [9.17, 15) is 0 Å². The minimum absolute atomic E-state index is 0.205. The van der Waals surface area contributed by atoms with Gasteiger partial charge in [0.1, 0.15) is 11.9 Å². The van der Waals surface area contributed by atoms with E-state index in [0.717, 1.165) is 24.4 Å². The predicted octanol–water partition coefficient (Wildman–Crippen LogP) is 3.72. The fourth-order valence-corrected chi connectivity index (χ4v) is 2.72. The summed E-state index contributed by atoms with van der Waals surface area (Å²) in [5, 5.41) is 3.44. The van der Waals surface area contributed by atoms with Crippen molar-refractivity contribution >= 4 is 5.69 Å². The van der Waals surface area contributed by atoms with Crippen molar-refractivity contribution in [1.29, 1.82) is 0 Å². The highest BCUT2D eigenvalue weighted by molar-refractivity contribution is 5.57. The average molecular weight is 253 g/mol. The molecule has 0 amide bonds. The van der Waals surface area contributed by atoms with Crippen LogP contribution in [-0.2, 0) is 6.42 Å². The Labute approximate surface area is 114 Å². The first kappa shape index (κ1) is 12.1. The van der Waals surface area contributed by atoms with E-state index in [2.05, 4.69) is 43.4 Å². The Morgan fingerprint density at radius 3 is 2.63 bits per heavy atom. The lowest BCUT2D eigenvalue weighted by Crippen LogP contribution is -2.32. The van der Waals surface area contributed by atoms with Crippen LogP contribution in [0.4, 0.5) is 5.69 Å². The van der Waals surface area contributed by atoms with Gasteiger partial charge in [-0.2, -0.15) is 0 Å². The Kier molecular flexibility index (Phi) is 3.16. The molecular formula is C17H19NO. The van der Waals surface area contributed by atoms with E-state index in [1.54, 1.807) is 0 Å². The zero-order valence-electron chi connectivity index (χ0n) is 11.4. The third kappa shape index (κ3) is 2.73. The van der Waals surface area contributed by atoms with Gasteiger partial charge in [-0.05, 0) is 31.5 Å². The molecule has 1 aliphatic heterocycles. The van der Waals surface area contributed by atoms with Crippen LogP contribution in [0.2, 0.25) is 0 Å². The standard InChI is InChI=1S/C17H19NO/c1-12-7-13(2)9-14(8-12)10-15-11-18-16-5-3-4-6-17(16)19-15/h3-9,15,18H,10-11H2,1-2H3. The maximum atomic E-state index is 6.05. The molecule has 0 bridgehead atoms. The van der Waals surface area contributed by atoms with Gasteiger partial charge in [0.25, 0.3) is 0 Å². The Morgan fingerprint density at radius 1 is 1.11 bits per heavy atom. The number of fused-ring (bicyclic) bond motifs is 1. The third-order valence-electron chi connectivity index (χ3n) is 3.45. The lowest BCUT2D eigenvalue weighted by molar-refractivity contribution is 0.206. The van der Waals surface area contributed by atoms with Gasteiger partial charge in [0.2, 0.25) is 0 Å². The number of benzene rings is 2. The smallest absolute Gasteiger partial charge is 0.142 e. The van der Waals surface area contributed by atoms with Crippen molar-refractivity contribution < 1.29 is 4.74 Å². The highest BCUT2D eigenvalue weighted by atomic mass is 16.5. The maximum Gasteiger partial charge on any atom is 0.142 e. The van der Waals surface area contributed by atoms with Crippen LogP contribution in [0.15, 0.2) is 42.5 Å². The second kappa shape index (κ2) is 4.96. The first-order valence-corrected chi connectivity index (χ1v) is 6.77. The van der Waals surface area contributed by atoms with Gasteiger partial charge in [0, 0.05) is 6.42 Å². The molecule has 2 aromatic carbocycles. The summed E-state index contributed by atoms with van der Waals surface area (Å²) in [5.41, 5.74) is 5.08. The summed E-state index contributed by atoms with van der Waals surface area (Å²) in [6.07, 6.45) is 1.15. The van der Waals surface area contributed by atoms with Crippen molar-refractivity contribution in [2.75, 3.05) is 11.9 Å². The molecule has 19 heavy (non-hydrogen) atoms. The van der Waals surface area contributed by atoms with Crippen molar-refractivity contribution in [2.45, 2.75) is 26.4 Å². The largest absolute Gasteiger partial charge is 0.486 e. The highest BCUT2D eigenvalue weighted by Crippen LogP contribution is 2.29. The molecule has 0 spiro atoms. The quantitative estimate of drug-likeness (QED) is 0.880. The van der Waals surface area contributed by atoms with Gasteiger partial charge in [0.05, 0.1) is 12.2 Å². The topological polar surface area (TPSA) is 21.3 Å². The average Bonchev–Trinajstić information content (AvgIpc) is 2.37. The number of hydrogen-bond acceptors (Lipinski definition) is 2. The van der Waals surface area contributed by atoms with Crippen molar-refractivity contribution in [3.05, 3.63) is 59.2 Å². The molecule has 1 heterocycles. The van der Waals surface area contributed by atoms with Gasteiger partial charge in [-0.1, -0.05) is 41.5 Å². The summed E-state index contributed by atoms with van der Waals surface area (Å²) in [7, 11) is 0. The summed E-state index contributed by atoms with van der Waals surface area (Å²) < 4.78 is 6.05. The monoisotopic (exact) mass is 253 g/mol. The molecule has 0 saturated carbocycles. The molecule has 2 nitrogen and oxygen atoms in total. The minimum atomic E-state index is 0.205. The van der Waals surface area contributed by atoms with Crippen molar-refractivity contribution in [3.8, 4) is 5.75 Å². The maximum absolute atomic E-state index is 6.05. The highest BCUT2D eigenvalue weighted by Gasteiger charge is 2.19. The molecule has 0 radical (unpaired) electrons. The number of rotatable bonds is 2. The van der Waals surface area contributed by atoms with Crippen LogP contribution >= 0.6 is 0 Å². The number of nitrogens with one attached hydrogen (secondary N) is 1. The van der Waals surface area contributed by atoms with Crippen LogP contribution in [0.1, 0.15) is 16.7 Å². The first-order chi connectivity index (χ1) is 9.20. The second-order valence-electron chi connectivity index (χ2n) is 5.32. The van der Waals surface area contributed by atoms with E-state index in [0.29, 0.717) is 0 Å². The molecular weight excluding hydrogens is 234 g/mol. The van der Waals surface area contributed by atoms with E-state index in [-0.39, 0.29) is 6.10 Å². The molecule has 98 valence electrons. The fourth-order valence-electron chi connectivity index (χ4n) is 2.72. The summed E-state index contributed by atoms with van der Waals surface area (Å²) >= 11 is 0. The Bertz CT molecular complexity index is 571. The van der Waals surface area contributed by atoms with Gasteiger partial charge in [-0.15, -0.1) is 0 Å². The number of para-hydroxylation sites is 2. The molecule has 0 fully saturated rings. The zero-order chi connectivity index (χ0) is 13.2. The van der Waals surface area contributed by atoms with Gasteiger partial charge in [-0.25, -0.2) is 0 Å². The van der Waals surface area contributed by atoms with Crippen LogP contribution < -0.4 is 10.1 Å². The SMILES string of the molecule is Cc1cc(C)cc(CC2CNc3ccccc3O2)c1. The van der Waals surface area contributed by atoms with E-state index in [1.807, 2.05) is 18.2 Å². The first-order valence-electron chi connectivity index (χ1n) is 6.77. The van der Waals surface area contributed by atoms with E-state index >= 15 is 0 Å². The number of aryl methyl sites for hydroxylation is 2. The zero-order valence-corrected chi connectivity index (χ0v) is 11.4. The van der Waals surface area contributed by atoms with E-state index < -0.39 is 0 Å². The lowest BCUT2D eigenvalue weighted by Gasteiger charge is -2.27. The molecule has 0 aromatic heterocycles. The van der Waals surface area contributed by atoms with E-state index in [4.69, 9.17) is 4.74 Å². The second-order valence-corrected chi connectivity index (χ2v) is 5.32. The third-order valence-corrected chi connectivity index (χ3v) is 3.45. The predicted molar refractivity (Wildman–Crippen MR) is 79.0 cm³/mol.